The molecule has 0 saturated heterocycles. The van der Waals surface area contributed by atoms with Gasteiger partial charge in [0.15, 0.2) is 11.0 Å². The monoisotopic (exact) mass is 428 g/mol. The van der Waals surface area contributed by atoms with Crippen LogP contribution >= 0.6 is 11.8 Å². The van der Waals surface area contributed by atoms with Crippen molar-refractivity contribution in [1.29, 1.82) is 0 Å². The van der Waals surface area contributed by atoms with Crippen molar-refractivity contribution in [3.63, 3.8) is 0 Å². The highest BCUT2D eigenvalue weighted by Gasteiger charge is 2.18. The van der Waals surface area contributed by atoms with Gasteiger partial charge in [-0.2, -0.15) is 0 Å². The van der Waals surface area contributed by atoms with E-state index in [0.29, 0.717) is 12.3 Å². The first kappa shape index (κ1) is 19.4. The fraction of sp³-hybridized carbons (Fsp3) is 0.125. The molecule has 0 unspecified atom stereocenters. The molecular formula is C24H20N4O2S. The van der Waals surface area contributed by atoms with Crippen molar-refractivity contribution >= 4 is 11.8 Å². The second-order valence-electron chi connectivity index (χ2n) is 7.12. The third-order valence-electron chi connectivity index (χ3n) is 4.97. The van der Waals surface area contributed by atoms with Gasteiger partial charge in [0.2, 0.25) is 0 Å². The number of aromatic nitrogens is 4. The maximum atomic E-state index is 5.58. The molecule has 0 fully saturated rings. The average molecular weight is 429 g/mol. The minimum atomic E-state index is 0.553. The molecule has 2 aromatic carbocycles. The largest absolute Gasteiger partial charge is 0.467 e. The maximum absolute atomic E-state index is 5.58. The van der Waals surface area contributed by atoms with Crippen LogP contribution in [-0.4, -0.2) is 19.9 Å². The smallest absolute Gasteiger partial charge is 0.192 e. The van der Waals surface area contributed by atoms with Gasteiger partial charge < -0.3 is 8.94 Å². The van der Waals surface area contributed by atoms with Crippen LogP contribution in [-0.2, 0) is 12.3 Å². The second-order valence-corrected chi connectivity index (χ2v) is 8.06. The molecule has 7 heteroatoms. The summed E-state index contributed by atoms with van der Waals surface area (Å²) in [5, 5.41) is 14.0. The first-order chi connectivity index (χ1) is 15.3. The minimum Gasteiger partial charge on any atom is -0.467 e. The molecule has 0 saturated carbocycles. The van der Waals surface area contributed by atoms with Gasteiger partial charge in [-0.05, 0) is 24.6 Å². The van der Waals surface area contributed by atoms with E-state index in [-0.39, 0.29) is 0 Å². The Morgan fingerprint density at radius 3 is 2.55 bits per heavy atom. The topological polar surface area (TPSA) is 69.9 Å². The molecule has 0 aliphatic carbocycles. The highest BCUT2D eigenvalue weighted by Crippen LogP contribution is 2.30. The molecule has 0 atom stereocenters. The van der Waals surface area contributed by atoms with Crippen molar-refractivity contribution in [2.75, 3.05) is 0 Å². The van der Waals surface area contributed by atoms with Crippen molar-refractivity contribution < 1.29 is 8.94 Å². The normalized spacial score (nSPS) is 11.1. The lowest BCUT2D eigenvalue weighted by Gasteiger charge is -2.10. The van der Waals surface area contributed by atoms with E-state index >= 15 is 0 Å². The zero-order chi connectivity index (χ0) is 21.0. The summed E-state index contributed by atoms with van der Waals surface area (Å²) >= 11 is 1.57. The summed E-state index contributed by atoms with van der Waals surface area (Å²) in [6.07, 6.45) is 1.68. The molecular weight excluding hydrogens is 408 g/mol. The summed E-state index contributed by atoms with van der Waals surface area (Å²) in [5.74, 6) is 3.06. The second kappa shape index (κ2) is 8.65. The third-order valence-corrected chi connectivity index (χ3v) is 5.96. The summed E-state index contributed by atoms with van der Waals surface area (Å²) in [7, 11) is 0. The molecule has 0 amide bonds. The first-order valence-electron chi connectivity index (χ1n) is 9.93. The van der Waals surface area contributed by atoms with Crippen molar-refractivity contribution in [2.45, 2.75) is 24.4 Å². The Kier molecular flexibility index (Phi) is 5.41. The Bertz CT molecular complexity index is 1280. The van der Waals surface area contributed by atoms with Crippen molar-refractivity contribution in [3.8, 4) is 22.6 Å². The van der Waals surface area contributed by atoms with E-state index in [1.165, 1.54) is 0 Å². The number of rotatable bonds is 7. The zero-order valence-corrected chi connectivity index (χ0v) is 17.7. The van der Waals surface area contributed by atoms with E-state index in [1.807, 2.05) is 60.7 Å². The van der Waals surface area contributed by atoms with Crippen LogP contribution in [0.2, 0.25) is 0 Å². The molecule has 3 heterocycles. The molecule has 5 rings (SSSR count). The van der Waals surface area contributed by atoms with Crippen LogP contribution in [0.3, 0.4) is 0 Å². The van der Waals surface area contributed by atoms with Crippen LogP contribution in [0.5, 0.6) is 0 Å². The minimum absolute atomic E-state index is 0.553. The van der Waals surface area contributed by atoms with Gasteiger partial charge >= 0.3 is 0 Å². The molecule has 0 spiro atoms. The van der Waals surface area contributed by atoms with E-state index in [9.17, 15) is 0 Å². The predicted molar refractivity (Wildman–Crippen MR) is 120 cm³/mol. The summed E-state index contributed by atoms with van der Waals surface area (Å²) in [6.45, 7) is 2.63. The molecule has 0 aliphatic heterocycles. The summed E-state index contributed by atoms with van der Waals surface area (Å²) in [5.41, 5.74) is 4.06. The van der Waals surface area contributed by atoms with Gasteiger partial charge in [0.25, 0.3) is 0 Å². The Morgan fingerprint density at radius 2 is 1.74 bits per heavy atom. The number of aryl methyl sites for hydroxylation is 1. The molecule has 3 aromatic heterocycles. The van der Waals surface area contributed by atoms with Crippen LogP contribution in [0.15, 0.2) is 93.2 Å². The van der Waals surface area contributed by atoms with Gasteiger partial charge in [-0.15, -0.1) is 10.2 Å². The number of hydrogen-bond acceptors (Lipinski definition) is 6. The molecule has 0 aliphatic rings. The summed E-state index contributed by atoms with van der Waals surface area (Å²) in [4.78, 5) is 0. The van der Waals surface area contributed by atoms with Crippen LogP contribution in [0.25, 0.3) is 22.6 Å². The van der Waals surface area contributed by atoms with Gasteiger partial charge in [-0.3, -0.25) is 4.57 Å². The number of thioether (sulfide) groups is 1. The van der Waals surface area contributed by atoms with Crippen molar-refractivity contribution in [3.05, 3.63) is 96.1 Å². The van der Waals surface area contributed by atoms with Crippen molar-refractivity contribution in [1.82, 2.24) is 19.9 Å². The lowest BCUT2D eigenvalue weighted by molar-refractivity contribution is 0.397. The average Bonchev–Trinajstić information content (AvgIpc) is 3.56. The highest BCUT2D eigenvalue weighted by atomic mass is 32.2. The Hall–Kier alpha value is -3.58. The highest BCUT2D eigenvalue weighted by molar-refractivity contribution is 7.98. The third kappa shape index (κ3) is 4.18. The van der Waals surface area contributed by atoms with E-state index < -0.39 is 0 Å². The van der Waals surface area contributed by atoms with Gasteiger partial charge in [0.05, 0.1) is 18.6 Å². The van der Waals surface area contributed by atoms with E-state index in [0.717, 1.165) is 44.9 Å². The molecule has 0 radical (unpaired) electrons. The number of hydrogen-bond donors (Lipinski definition) is 0. The van der Waals surface area contributed by atoms with Crippen LogP contribution in [0.4, 0.5) is 0 Å². The zero-order valence-electron chi connectivity index (χ0n) is 16.9. The lowest BCUT2D eigenvalue weighted by Crippen LogP contribution is -2.04. The summed E-state index contributed by atoms with van der Waals surface area (Å²) in [6, 6.07) is 24.0. The number of benzene rings is 2. The Labute approximate surface area is 183 Å². The predicted octanol–water partition coefficient (Wildman–Crippen LogP) is 5.84. The number of nitrogens with zero attached hydrogens (tertiary/aromatic N) is 4. The fourth-order valence-electron chi connectivity index (χ4n) is 3.38. The van der Waals surface area contributed by atoms with E-state index in [1.54, 1.807) is 18.0 Å². The quantitative estimate of drug-likeness (QED) is 0.303. The Morgan fingerprint density at radius 1 is 0.903 bits per heavy atom. The molecule has 154 valence electrons. The first-order valence-corrected chi connectivity index (χ1v) is 10.9. The Balaban J connectivity index is 1.41. The van der Waals surface area contributed by atoms with Gasteiger partial charge in [0.1, 0.15) is 17.2 Å². The van der Waals surface area contributed by atoms with E-state index in [2.05, 4.69) is 39.0 Å². The van der Waals surface area contributed by atoms with E-state index in [4.69, 9.17) is 8.94 Å². The van der Waals surface area contributed by atoms with Crippen LogP contribution < -0.4 is 0 Å². The number of furan rings is 1. The molecule has 5 aromatic rings. The molecule has 0 bridgehead atoms. The van der Waals surface area contributed by atoms with Gasteiger partial charge in [-0.25, -0.2) is 0 Å². The fourth-order valence-corrected chi connectivity index (χ4v) is 4.19. The molecule has 31 heavy (non-hydrogen) atoms. The van der Waals surface area contributed by atoms with Crippen LogP contribution in [0, 0.1) is 6.92 Å². The summed E-state index contributed by atoms with van der Waals surface area (Å²) < 4.78 is 13.2. The maximum Gasteiger partial charge on any atom is 0.192 e. The lowest BCUT2D eigenvalue weighted by atomic mass is 10.1. The van der Waals surface area contributed by atoms with Crippen molar-refractivity contribution in [2.24, 2.45) is 0 Å². The molecule has 6 nitrogen and oxygen atoms in total. The molecule has 0 N–H and O–H groups in total. The van der Waals surface area contributed by atoms with Gasteiger partial charge in [-0.1, -0.05) is 71.5 Å². The standard InChI is InChI=1S/C24H20N4O2S/c1-17-8-5-6-12-21(17)23-25-26-24(28(23)15-19-11-7-13-29-19)31-16-20-14-22(27-30-20)18-9-3-2-4-10-18/h2-14H,15-16H2,1H3. The SMILES string of the molecule is Cc1ccccc1-c1nnc(SCc2cc(-c3ccccc3)no2)n1Cc1ccco1. The van der Waals surface area contributed by atoms with Crippen LogP contribution in [0.1, 0.15) is 17.1 Å². The van der Waals surface area contributed by atoms with Gasteiger partial charge in [0, 0.05) is 17.2 Å².